The molecule has 0 bridgehead atoms. The predicted molar refractivity (Wildman–Crippen MR) is 87.3 cm³/mol. The Morgan fingerprint density at radius 3 is 2.48 bits per heavy atom. The molecular formula is C13H19N3O2S3. The first-order chi connectivity index (χ1) is 9.74. The first kappa shape index (κ1) is 16.6. The molecule has 0 aliphatic heterocycles. The number of sulfonamides is 1. The second kappa shape index (κ2) is 6.13. The van der Waals surface area contributed by atoms with Crippen molar-refractivity contribution in [1.82, 2.24) is 9.71 Å². The van der Waals surface area contributed by atoms with Crippen molar-refractivity contribution in [2.24, 2.45) is 5.73 Å². The number of thiazole rings is 1. The summed E-state index contributed by atoms with van der Waals surface area (Å²) < 4.78 is 27.8. The zero-order chi connectivity index (χ0) is 15.8. The van der Waals surface area contributed by atoms with Crippen LogP contribution in [0.15, 0.2) is 11.0 Å². The summed E-state index contributed by atoms with van der Waals surface area (Å²) >= 11 is 2.93. The van der Waals surface area contributed by atoms with Gasteiger partial charge in [-0.2, -0.15) is 0 Å². The number of nitrogens with one attached hydrogen (secondary N) is 1. The first-order valence-corrected chi connectivity index (χ1v) is 9.62. The molecule has 2 heterocycles. The Hall–Kier alpha value is -0.800. The number of hydrogen-bond donors (Lipinski definition) is 2. The lowest BCUT2D eigenvalue weighted by Crippen LogP contribution is -2.27. The molecule has 0 fully saturated rings. The Labute approximate surface area is 133 Å². The van der Waals surface area contributed by atoms with E-state index < -0.39 is 10.0 Å². The summed E-state index contributed by atoms with van der Waals surface area (Å²) in [5.41, 5.74) is 6.45. The summed E-state index contributed by atoms with van der Waals surface area (Å²) in [6.45, 7) is 7.79. The van der Waals surface area contributed by atoms with Crippen molar-refractivity contribution in [3.63, 3.8) is 0 Å². The van der Waals surface area contributed by atoms with Crippen LogP contribution in [0.4, 0.5) is 0 Å². The molecule has 1 unspecified atom stereocenters. The summed E-state index contributed by atoms with van der Waals surface area (Å²) in [5, 5.41) is 0.936. The van der Waals surface area contributed by atoms with Crippen molar-refractivity contribution >= 4 is 32.7 Å². The lowest BCUT2D eigenvalue weighted by atomic mass is 10.2. The van der Waals surface area contributed by atoms with E-state index >= 15 is 0 Å². The van der Waals surface area contributed by atoms with Gasteiger partial charge >= 0.3 is 0 Å². The quantitative estimate of drug-likeness (QED) is 0.872. The van der Waals surface area contributed by atoms with Crippen LogP contribution < -0.4 is 10.5 Å². The molecular weight excluding hydrogens is 326 g/mol. The average Bonchev–Trinajstić information content (AvgIpc) is 2.91. The van der Waals surface area contributed by atoms with E-state index in [0.717, 1.165) is 25.3 Å². The minimum Gasteiger partial charge on any atom is -0.326 e. The molecule has 0 aromatic carbocycles. The monoisotopic (exact) mass is 345 g/mol. The predicted octanol–water partition coefficient (Wildman–Crippen LogP) is 2.63. The fourth-order valence-corrected chi connectivity index (χ4v) is 5.92. The van der Waals surface area contributed by atoms with Gasteiger partial charge in [0.15, 0.2) is 0 Å². The van der Waals surface area contributed by atoms with E-state index in [1.807, 2.05) is 20.8 Å². The molecule has 0 spiro atoms. The maximum atomic E-state index is 12.5. The van der Waals surface area contributed by atoms with Gasteiger partial charge in [0.05, 0.1) is 21.6 Å². The van der Waals surface area contributed by atoms with Gasteiger partial charge < -0.3 is 5.73 Å². The number of rotatable bonds is 5. The number of nitrogens with zero attached hydrogens (tertiary/aromatic N) is 1. The second-order valence-electron chi connectivity index (χ2n) is 4.86. The highest BCUT2D eigenvalue weighted by molar-refractivity contribution is 7.89. The zero-order valence-corrected chi connectivity index (χ0v) is 14.9. The maximum Gasteiger partial charge on any atom is 0.242 e. The minimum atomic E-state index is -3.55. The van der Waals surface area contributed by atoms with Crippen LogP contribution in [0.3, 0.4) is 0 Å². The van der Waals surface area contributed by atoms with Gasteiger partial charge in [-0.1, -0.05) is 0 Å². The van der Waals surface area contributed by atoms with E-state index in [1.165, 1.54) is 22.7 Å². The topological polar surface area (TPSA) is 85.1 Å². The van der Waals surface area contributed by atoms with Gasteiger partial charge in [0.25, 0.3) is 0 Å². The Balaban J connectivity index is 2.28. The minimum absolute atomic E-state index is 0.304. The SMILES string of the molecule is Cc1nc(C)c(C(C)NS(=O)(=O)c2cc(CN)sc2C)s1. The normalized spacial score (nSPS) is 13.6. The molecule has 0 saturated carbocycles. The van der Waals surface area contributed by atoms with Gasteiger partial charge in [-0.3, -0.25) is 0 Å². The number of aromatic nitrogens is 1. The zero-order valence-electron chi connectivity index (χ0n) is 12.4. The van der Waals surface area contributed by atoms with Crippen LogP contribution in [0.2, 0.25) is 0 Å². The Bertz CT molecular complexity index is 747. The van der Waals surface area contributed by atoms with Crippen molar-refractivity contribution in [3.8, 4) is 0 Å². The fraction of sp³-hybridized carbons (Fsp3) is 0.462. The van der Waals surface area contributed by atoms with Gasteiger partial charge in [-0.15, -0.1) is 22.7 Å². The van der Waals surface area contributed by atoms with Crippen LogP contribution in [-0.4, -0.2) is 13.4 Å². The summed E-state index contributed by atoms with van der Waals surface area (Å²) in [6, 6.07) is 1.35. The highest BCUT2D eigenvalue weighted by atomic mass is 32.2. The fourth-order valence-electron chi connectivity index (χ4n) is 2.19. The molecule has 2 rings (SSSR count). The van der Waals surface area contributed by atoms with Crippen LogP contribution in [0, 0.1) is 20.8 Å². The van der Waals surface area contributed by atoms with Crippen molar-refractivity contribution in [3.05, 3.63) is 31.4 Å². The van der Waals surface area contributed by atoms with Crippen LogP contribution in [-0.2, 0) is 16.6 Å². The highest BCUT2D eigenvalue weighted by Crippen LogP contribution is 2.29. The molecule has 0 saturated heterocycles. The van der Waals surface area contributed by atoms with Crippen molar-refractivity contribution in [2.75, 3.05) is 0 Å². The van der Waals surface area contributed by atoms with E-state index in [0.29, 0.717) is 11.4 Å². The van der Waals surface area contributed by atoms with Gasteiger partial charge in [0.1, 0.15) is 0 Å². The second-order valence-corrected chi connectivity index (χ2v) is 9.12. The van der Waals surface area contributed by atoms with Gasteiger partial charge in [-0.25, -0.2) is 18.1 Å². The van der Waals surface area contributed by atoms with Crippen LogP contribution >= 0.6 is 22.7 Å². The number of aryl methyl sites for hydroxylation is 3. The summed E-state index contributed by atoms with van der Waals surface area (Å²) in [6.07, 6.45) is 0. The number of hydrogen-bond acceptors (Lipinski definition) is 6. The maximum absolute atomic E-state index is 12.5. The Kier molecular flexibility index (Phi) is 4.84. The Morgan fingerprint density at radius 1 is 1.33 bits per heavy atom. The molecule has 0 aliphatic carbocycles. The first-order valence-electron chi connectivity index (χ1n) is 6.50. The third-order valence-electron chi connectivity index (χ3n) is 3.08. The molecule has 8 heteroatoms. The van der Waals surface area contributed by atoms with E-state index in [-0.39, 0.29) is 6.04 Å². The third-order valence-corrected chi connectivity index (χ3v) is 7.20. The van der Waals surface area contributed by atoms with E-state index in [9.17, 15) is 8.42 Å². The van der Waals surface area contributed by atoms with Crippen LogP contribution in [0.25, 0.3) is 0 Å². The lowest BCUT2D eigenvalue weighted by molar-refractivity contribution is 0.568. The smallest absolute Gasteiger partial charge is 0.242 e. The molecule has 2 aromatic heterocycles. The van der Waals surface area contributed by atoms with Crippen molar-refractivity contribution in [1.29, 1.82) is 0 Å². The summed E-state index contributed by atoms with van der Waals surface area (Å²) in [5.74, 6) is 0. The molecule has 0 aliphatic rings. The average molecular weight is 346 g/mol. The van der Waals surface area contributed by atoms with Crippen LogP contribution in [0.5, 0.6) is 0 Å². The molecule has 0 radical (unpaired) electrons. The molecule has 1 atom stereocenters. The Morgan fingerprint density at radius 2 is 2.00 bits per heavy atom. The highest BCUT2D eigenvalue weighted by Gasteiger charge is 2.24. The van der Waals surface area contributed by atoms with Gasteiger partial charge in [-0.05, 0) is 33.8 Å². The van der Waals surface area contributed by atoms with Crippen molar-refractivity contribution in [2.45, 2.75) is 45.2 Å². The number of thiophene rings is 1. The molecule has 116 valence electrons. The standard InChI is InChI=1S/C13H19N3O2S3/c1-7-13(20-10(4)15-7)8(2)16-21(17,18)12-5-11(6-14)19-9(12)3/h5,8,16H,6,14H2,1-4H3. The molecule has 0 amide bonds. The molecule has 21 heavy (non-hydrogen) atoms. The van der Waals surface area contributed by atoms with Crippen LogP contribution in [0.1, 0.15) is 38.3 Å². The summed E-state index contributed by atoms with van der Waals surface area (Å²) in [7, 11) is -3.55. The molecule has 5 nitrogen and oxygen atoms in total. The molecule has 2 aromatic rings. The van der Waals surface area contributed by atoms with Gasteiger partial charge in [0.2, 0.25) is 10.0 Å². The number of nitrogens with two attached hydrogens (primary N) is 1. The lowest BCUT2D eigenvalue weighted by Gasteiger charge is -2.13. The summed E-state index contributed by atoms with van der Waals surface area (Å²) in [4.78, 5) is 7.23. The van der Waals surface area contributed by atoms with E-state index in [1.54, 1.807) is 13.0 Å². The van der Waals surface area contributed by atoms with Gasteiger partial charge in [0, 0.05) is 21.2 Å². The van der Waals surface area contributed by atoms with E-state index in [2.05, 4.69) is 9.71 Å². The van der Waals surface area contributed by atoms with E-state index in [4.69, 9.17) is 5.73 Å². The third kappa shape index (κ3) is 3.51. The molecule has 3 N–H and O–H groups in total. The van der Waals surface area contributed by atoms with Crippen molar-refractivity contribution < 1.29 is 8.42 Å². The largest absolute Gasteiger partial charge is 0.326 e.